The average molecular weight is 282 g/mol. The van der Waals surface area contributed by atoms with E-state index >= 15 is 0 Å². The van der Waals surface area contributed by atoms with Gasteiger partial charge < -0.3 is 10.2 Å². The zero-order valence-corrected chi connectivity index (χ0v) is 13.9. The molecule has 1 saturated heterocycles. The summed E-state index contributed by atoms with van der Waals surface area (Å²) in [5.74, 6) is 1.57. The number of nitrogens with zero attached hydrogens (tertiary/aromatic N) is 1. The molecule has 1 aliphatic heterocycles. The van der Waals surface area contributed by atoms with Crippen LogP contribution in [0.5, 0.6) is 0 Å². The molecule has 4 nitrogen and oxygen atoms in total. The second-order valence-electron chi connectivity index (χ2n) is 7.06. The highest BCUT2D eigenvalue weighted by Gasteiger charge is 2.41. The standard InChI is InChI=1S/C16H30N2O2/c1-9(2)13(10(3)4)8-18-14(11(5)6)15(19)17-12(7)16(18)20/h9-14H,8H2,1-7H3,(H,17,19). The number of piperazine rings is 1. The fraction of sp³-hybridized carbons (Fsp3) is 0.875. The van der Waals surface area contributed by atoms with Crippen LogP contribution in [0.4, 0.5) is 0 Å². The molecule has 0 aromatic carbocycles. The van der Waals surface area contributed by atoms with Gasteiger partial charge in [0, 0.05) is 6.54 Å². The molecule has 0 bridgehead atoms. The molecule has 2 amide bonds. The third-order valence-corrected chi connectivity index (χ3v) is 4.37. The van der Waals surface area contributed by atoms with Gasteiger partial charge in [-0.2, -0.15) is 0 Å². The Balaban J connectivity index is 3.01. The molecule has 0 aromatic rings. The number of amides is 2. The van der Waals surface area contributed by atoms with Crippen LogP contribution in [0.15, 0.2) is 0 Å². The lowest BCUT2D eigenvalue weighted by atomic mass is 9.83. The van der Waals surface area contributed by atoms with E-state index < -0.39 is 6.04 Å². The topological polar surface area (TPSA) is 49.4 Å². The Morgan fingerprint density at radius 3 is 1.95 bits per heavy atom. The first-order chi connectivity index (χ1) is 9.16. The number of hydrogen-bond donors (Lipinski definition) is 1. The number of carbonyl (C=O) groups excluding carboxylic acids is 2. The van der Waals surface area contributed by atoms with Crippen LogP contribution in [0.2, 0.25) is 0 Å². The summed E-state index contributed by atoms with van der Waals surface area (Å²) in [5.41, 5.74) is 0. The van der Waals surface area contributed by atoms with Crippen LogP contribution in [0, 0.1) is 23.7 Å². The monoisotopic (exact) mass is 282 g/mol. The number of carbonyl (C=O) groups is 2. The zero-order valence-electron chi connectivity index (χ0n) is 13.9. The molecular weight excluding hydrogens is 252 g/mol. The summed E-state index contributed by atoms with van der Waals surface area (Å²) in [5, 5.41) is 2.79. The van der Waals surface area contributed by atoms with Crippen molar-refractivity contribution in [3.63, 3.8) is 0 Å². The van der Waals surface area contributed by atoms with Gasteiger partial charge in [0.25, 0.3) is 0 Å². The second kappa shape index (κ2) is 6.59. The summed E-state index contributed by atoms with van der Waals surface area (Å²) in [6.07, 6.45) is 0. The summed E-state index contributed by atoms with van der Waals surface area (Å²) in [4.78, 5) is 26.5. The van der Waals surface area contributed by atoms with E-state index in [1.165, 1.54) is 0 Å². The van der Waals surface area contributed by atoms with Crippen molar-refractivity contribution >= 4 is 11.8 Å². The fourth-order valence-corrected chi connectivity index (χ4v) is 3.17. The summed E-state index contributed by atoms with van der Waals surface area (Å²) in [6.45, 7) is 15.2. The molecule has 20 heavy (non-hydrogen) atoms. The molecule has 1 aliphatic rings. The van der Waals surface area contributed by atoms with Crippen LogP contribution in [-0.2, 0) is 9.59 Å². The van der Waals surface area contributed by atoms with E-state index in [2.05, 4.69) is 33.0 Å². The molecule has 4 heteroatoms. The van der Waals surface area contributed by atoms with Crippen molar-refractivity contribution in [2.45, 2.75) is 60.5 Å². The van der Waals surface area contributed by atoms with Gasteiger partial charge >= 0.3 is 0 Å². The number of nitrogens with one attached hydrogen (secondary N) is 1. The van der Waals surface area contributed by atoms with E-state index in [1.807, 2.05) is 18.7 Å². The lowest BCUT2D eigenvalue weighted by Crippen LogP contribution is -2.65. The SMILES string of the molecule is CC1NC(=O)C(C(C)C)N(CC(C(C)C)C(C)C)C1=O. The van der Waals surface area contributed by atoms with Crippen LogP contribution in [-0.4, -0.2) is 35.3 Å². The highest BCUT2D eigenvalue weighted by Crippen LogP contribution is 2.26. The van der Waals surface area contributed by atoms with E-state index in [9.17, 15) is 9.59 Å². The first-order valence-corrected chi connectivity index (χ1v) is 7.77. The molecule has 116 valence electrons. The quantitative estimate of drug-likeness (QED) is 0.841. The van der Waals surface area contributed by atoms with Gasteiger partial charge in [-0.3, -0.25) is 9.59 Å². The predicted octanol–water partition coefficient (Wildman–Crippen LogP) is 2.29. The van der Waals surface area contributed by atoms with Crippen LogP contribution < -0.4 is 5.32 Å². The third kappa shape index (κ3) is 3.53. The van der Waals surface area contributed by atoms with E-state index in [4.69, 9.17) is 0 Å². The maximum atomic E-state index is 12.5. The highest BCUT2D eigenvalue weighted by atomic mass is 16.2. The van der Waals surface area contributed by atoms with Crippen molar-refractivity contribution in [1.82, 2.24) is 10.2 Å². The van der Waals surface area contributed by atoms with E-state index in [0.717, 1.165) is 0 Å². The van der Waals surface area contributed by atoms with Crippen LogP contribution >= 0.6 is 0 Å². The zero-order chi connectivity index (χ0) is 15.6. The lowest BCUT2D eigenvalue weighted by molar-refractivity contribution is -0.152. The molecule has 0 aromatic heterocycles. The summed E-state index contributed by atoms with van der Waals surface area (Å²) in [7, 11) is 0. The minimum Gasteiger partial charge on any atom is -0.343 e. The van der Waals surface area contributed by atoms with E-state index in [1.54, 1.807) is 6.92 Å². The Morgan fingerprint density at radius 1 is 1.05 bits per heavy atom. The molecule has 0 spiro atoms. The van der Waals surface area contributed by atoms with Gasteiger partial charge in [0.15, 0.2) is 0 Å². The second-order valence-corrected chi connectivity index (χ2v) is 7.06. The molecule has 2 unspecified atom stereocenters. The van der Waals surface area contributed by atoms with Crippen molar-refractivity contribution in [3.05, 3.63) is 0 Å². The minimum absolute atomic E-state index is 0.0154. The largest absolute Gasteiger partial charge is 0.343 e. The van der Waals surface area contributed by atoms with Crippen molar-refractivity contribution in [1.29, 1.82) is 0 Å². The number of hydrogen-bond acceptors (Lipinski definition) is 2. The molecule has 1 heterocycles. The Morgan fingerprint density at radius 2 is 1.55 bits per heavy atom. The number of rotatable bonds is 5. The van der Waals surface area contributed by atoms with Gasteiger partial charge in [0.05, 0.1) is 0 Å². The van der Waals surface area contributed by atoms with Crippen LogP contribution in [0.25, 0.3) is 0 Å². The Labute approximate surface area is 123 Å². The van der Waals surface area contributed by atoms with Crippen molar-refractivity contribution < 1.29 is 9.59 Å². The van der Waals surface area contributed by atoms with Crippen molar-refractivity contribution in [3.8, 4) is 0 Å². The Hall–Kier alpha value is -1.06. The maximum absolute atomic E-state index is 12.5. The Kier molecular flexibility index (Phi) is 5.60. The summed E-state index contributed by atoms with van der Waals surface area (Å²) < 4.78 is 0. The van der Waals surface area contributed by atoms with Crippen molar-refractivity contribution in [2.24, 2.45) is 23.7 Å². The van der Waals surface area contributed by atoms with Gasteiger partial charge in [-0.25, -0.2) is 0 Å². The molecule has 1 rings (SSSR count). The first kappa shape index (κ1) is 17.0. The fourth-order valence-electron chi connectivity index (χ4n) is 3.17. The van der Waals surface area contributed by atoms with Gasteiger partial charge in [0.2, 0.25) is 11.8 Å². The predicted molar refractivity (Wildman–Crippen MR) is 81.1 cm³/mol. The molecule has 0 saturated carbocycles. The molecule has 1 fully saturated rings. The van der Waals surface area contributed by atoms with E-state index in [-0.39, 0.29) is 23.8 Å². The first-order valence-electron chi connectivity index (χ1n) is 7.77. The average Bonchev–Trinajstić information content (AvgIpc) is 2.29. The summed E-state index contributed by atoms with van der Waals surface area (Å²) in [6, 6.07) is -0.740. The molecule has 1 N–H and O–H groups in total. The van der Waals surface area contributed by atoms with E-state index in [0.29, 0.717) is 24.3 Å². The van der Waals surface area contributed by atoms with Gasteiger partial charge in [-0.1, -0.05) is 41.5 Å². The van der Waals surface area contributed by atoms with Gasteiger partial charge in [-0.05, 0) is 30.6 Å². The molecule has 2 atom stereocenters. The molecule has 0 aliphatic carbocycles. The third-order valence-electron chi connectivity index (χ3n) is 4.37. The van der Waals surface area contributed by atoms with Crippen LogP contribution in [0.3, 0.4) is 0 Å². The highest BCUT2D eigenvalue weighted by molar-refractivity contribution is 5.96. The van der Waals surface area contributed by atoms with Crippen LogP contribution in [0.1, 0.15) is 48.5 Å². The summed E-state index contributed by atoms with van der Waals surface area (Å²) >= 11 is 0. The minimum atomic E-state index is -0.405. The maximum Gasteiger partial charge on any atom is 0.245 e. The Bertz CT molecular complexity index is 355. The van der Waals surface area contributed by atoms with Gasteiger partial charge in [0.1, 0.15) is 12.1 Å². The molecular formula is C16H30N2O2. The van der Waals surface area contributed by atoms with Gasteiger partial charge in [-0.15, -0.1) is 0 Å². The normalized spacial score (nSPS) is 24.2. The lowest BCUT2D eigenvalue weighted by Gasteiger charge is -2.43. The van der Waals surface area contributed by atoms with Crippen molar-refractivity contribution in [2.75, 3.05) is 6.54 Å². The smallest absolute Gasteiger partial charge is 0.245 e. The molecule has 0 radical (unpaired) electrons.